The van der Waals surface area contributed by atoms with Crippen LogP contribution in [0, 0.1) is 17.5 Å². The molecule has 0 aliphatic heterocycles. The lowest BCUT2D eigenvalue weighted by Crippen LogP contribution is -2.43. The van der Waals surface area contributed by atoms with Crippen LogP contribution in [0.1, 0.15) is 19.4 Å². The zero-order valence-corrected chi connectivity index (χ0v) is 11.9. The van der Waals surface area contributed by atoms with Gasteiger partial charge in [0.25, 0.3) is 0 Å². The molecule has 1 N–H and O–H groups in total. The molecule has 0 heterocycles. The monoisotopic (exact) mass is 294 g/mol. The van der Waals surface area contributed by atoms with Gasteiger partial charge in [-0.3, -0.25) is 0 Å². The second kappa shape index (κ2) is 7.04. The van der Waals surface area contributed by atoms with Crippen LogP contribution >= 0.6 is 0 Å². The highest BCUT2D eigenvalue weighted by molar-refractivity contribution is 6.59. The third-order valence-corrected chi connectivity index (χ3v) is 4.90. The molecule has 0 aliphatic rings. The topological polar surface area (TPSA) is 38.7 Å². The van der Waals surface area contributed by atoms with E-state index in [0.29, 0.717) is 12.1 Å². The molecule has 0 fully saturated rings. The van der Waals surface area contributed by atoms with Crippen LogP contribution in [-0.2, 0) is 15.3 Å². The van der Waals surface area contributed by atoms with E-state index in [0.717, 1.165) is 0 Å². The standard InChI is InChI=1S/C12H17F3O3Si/c1-3-17-19(16,18-4-2)6-5-10-11(14)7-9(13)8-12(10)15/h7-8,16H,3-6H2,1-2H3. The molecule has 0 amide bonds. The zero-order chi connectivity index (χ0) is 14.5. The summed E-state index contributed by atoms with van der Waals surface area (Å²) in [7, 11) is -3.42. The van der Waals surface area contributed by atoms with E-state index in [9.17, 15) is 18.0 Å². The van der Waals surface area contributed by atoms with Crippen molar-refractivity contribution in [3.63, 3.8) is 0 Å². The maximum Gasteiger partial charge on any atom is 0.498 e. The third kappa shape index (κ3) is 4.61. The summed E-state index contributed by atoms with van der Waals surface area (Å²) >= 11 is 0. The van der Waals surface area contributed by atoms with Gasteiger partial charge in [-0.1, -0.05) is 0 Å². The van der Waals surface area contributed by atoms with Crippen molar-refractivity contribution in [2.45, 2.75) is 26.3 Å². The number of hydrogen-bond donors (Lipinski definition) is 1. The molecule has 3 nitrogen and oxygen atoms in total. The minimum absolute atomic E-state index is 0.0197. The molecular formula is C12H17F3O3Si. The van der Waals surface area contributed by atoms with Crippen molar-refractivity contribution in [3.8, 4) is 0 Å². The molecule has 0 radical (unpaired) electrons. The maximum atomic E-state index is 13.4. The van der Waals surface area contributed by atoms with Crippen LogP contribution in [0.5, 0.6) is 0 Å². The lowest BCUT2D eigenvalue weighted by Gasteiger charge is -2.23. The second-order valence-corrected chi connectivity index (χ2v) is 6.43. The Balaban J connectivity index is 2.80. The van der Waals surface area contributed by atoms with Gasteiger partial charge in [-0.15, -0.1) is 0 Å². The summed E-state index contributed by atoms with van der Waals surface area (Å²) in [6.07, 6.45) is -0.110. The Morgan fingerprint density at radius 3 is 1.95 bits per heavy atom. The Morgan fingerprint density at radius 1 is 1.05 bits per heavy atom. The Hall–Kier alpha value is -0.893. The van der Waals surface area contributed by atoms with Crippen molar-refractivity contribution in [1.29, 1.82) is 0 Å². The molecule has 0 spiro atoms. The lowest BCUT2D eigenvalue weighted by molar-refractivity contribution is 0.108. The van der Waals surface area contributed by atoms with Gasteiger partial charge in [0.1, 0.15) is 17.5 Å². The van der Waals surface area contributed by atoms with Gasteiger partial charge in [0, 0.05) is 37.0 Å². The highest BCUT2D eigenvalue weighted by Crippen LogP contribution is 2.20. The molecule has 0 saturated heterocycles. The van der Waals surface area contributed by atoms with Crippen molar-refractivity contribution in [2.75, 3.05) is 13.2 Å². The highest BCUT2D eigenvalue weighted by Gasteiger charge is 2.36. The first-order chi connectivity index (χ1) is 8.91. The zero-order valence-electron chi connectivity index (χ0n) is 10.9. The van der Waals surface area contributed by atoms with Crippen LogP contribution in [0.4, 0.5) is 13.2 Å². The number of halogens is 3. The van der Waals surface area contributed by atoms with Crippen molar-refractivity contribution in [3.05, 3.63) is 35.1 Å². The van der Waals surface area contributed by atoms with E-state index in [1.165, 1.54) is 0 Å². The Morgan fingerprint density at radius 2 is 1.53 bits per heavy atom. The van der Waals surface area contributed by atoms with Gasteiger partial charge in [0.15, 0.2) is 0 Å². The molecule has 7 heteroatoms. The number of rotatable bonds is 7. The Labute approximate surface area is 111 Å². The first kappa shape index (κ1) is 16.2. The fourth-order valence-electron chi connectivity index (χ4n) is 1.73. The minimum atomic E-state index is -3.42. The first-order valence-electron chi connectivity index (χ1n) is 6.05. The molecule has 0 unspecified atom stereocenters. The molecule has 0 bridgehead atoms. The Bertz CT molecular complexity index is 400. The molecule has 1 aromatic rings. The lowest BCUT2D eigenvalue weighted by atomic mass is 10.1. The Kier molecular flexibility index (Phi) is 5.99. The van der Waals surface area contributed by atoms with Crippen molar-refractivity contribution >= 4 is 8.80 Å². The van der Waals surface area contributed by atoms with Crippen molar-refractivity contribution in [2.24, 2.45) is 0 Å². The third-order valence-electron chi connectivity index (χ3n) is 2.54. The summed E-state index contributed by atoms with van der Waals surface area (Å²) in [6.45, 7) is 3.88. The fourth-order valence-corrected chi connectivity index (χ4v) is 3.57. The van der Waals surface area contributed by atoms with Gasteiger partial charge in [-0.05, 0) is 20.3 Å². The number of benzene rings is 1. The smallest absolute Gasteiger partial charge is 0.390 e. The largest absolute Gasteiger partial charge is 0.498 e. The average Bonchev–Trinajstić information content (AvgIpc) is 2.27. The second-order valence-electron chi connectivity index (χ2n) is 3.93. The quantitative estimate of drug-likeness (QED) is 0.786. The molecular weight excluding hydrogens is 277 g/mol. The summed E-state index contributed by atoms with van der Waals surface area (Å²) in [4.78, 5) is 10.1. The van der Waals surface area contributed by atoms with E-state index in [4.69, 9.17) is 8.85 Å². The van der Waals surface area contributed by atoms with Crippen LogP contribution in [0.25, 0.3) is 0 Å². The molecule has 1 rings (SSSR count). The van der Waals surface area contributed by atoms with Gasteiger partial charge in [0.2, 0.25) is 0 Å². The van der Waals surface area contributed by atoms with Crippen molar-refractivity contribution in [1.82, 2.24) is 0 Å². The minimum Gasteiger partial charge on any atom is -0.390 e. The van der Waals surface area contributed by atoms with E-state index in [1.807, 2.05) is 0 Å². The molecule has 0 aromatic heterocycles. The molecule has 108 valence electrons. The average molecular weight is 294 g/mol. The summed E-state index contributed by atoms with van der Waals surface area (Å²) in [5, 5.41) is 0. The van der Waals surface area contributed by atoms with E-state index in [2.05, 4.69) is 0 Å². The molecule has 0 saturated carbocycles. The summed E-state index contributed by atoms with van der Waals surface area (Å²) in [6, 6.07) is 1.20. The summed E-state index contributed by atoms with van der Waals surface area (Å²) < 4.78 is 49.9. The van der Waals surface area contributed by atoms with Crippen molar-refractivity contribution < 1.29 is 26.8 Å². The first-order valence-corrected chi connectivity index (χ1v) is 8.02. The fraction of sp³-hybridized carbons (Fsp3) is 0.500. The predicted octanol–water partition coefficient (Wildman–Crippen LogP) is 2.65. The van der Waals surface area contributed by atoms with E-state index >= 15 is 0 Å². The summed E-state index contributed by atoms with van der Waals surface area (Å²) in [5.41, 5.74) is -0.272. The normalized spacial score (nSPS) is 11.9. The molecule has 1 aromatic carbocycles. The SMILES string of the molecule is CCO[Si](O)(CCc1c(F)cc(F)cc1F)OCC. The molecule has 19 heavy (non-hydrogen) atoms. The van der Waals surface area contributed by atoms with E-state index in [-0.39, 0.29) is 31.2 Å². The summed E-state index contributed by atoms with van der Waals surface area (Å²) in [5.74, 6) is -2.91. The van der Waals surface area contributed by atoms with Crippen LogP contribution in [0.2, 0.25) is 6.04 Å². The van der Waals surface area contributed by atoms with E-state index < -0.39 is 26.3 Å². The predicted molar refractivity (Wildman–Crippen MR) is 66.1 cm³/mol. The highest BCUT2D eigenvalue weighted by atomic mass is 28.4. The van der Waals surface area contributed by atoms with Crippen LogP contribution in [0.15, 0.2) is 12.1 Å². The van der Waals surface area contributed by atoms with Gasteiger partial charge in [0.05, 0.1) is 0 Å². The molecule has 0 aliphatic carbocycles. The van der Waals surface area contributed by atoms with Crippen LogP contribution in [0.3, 0.4) is 0 Å². The van der Waals surface area contributed by atoms with Gasteiger partial charge in [-0.2, -0.15) is 0 Å². The molecule has 0 atom stereocenters. The number of hydrogen-bond acceptors (Lipinski definition) is 3. The van der Waals surface area contributed by atoms with Gasteiger partial charge < -0.3 is 13.6 Å². The van der Waals surface area contributed by atoms with Gasteiger partial charge >= 0.3 is 8.80 Å². The maximum absolute atomic E-state index is 13.4. The van der Waals surface area contributed by atoms with Crippen LogP contribution < -0.4 is 0 Å². The van der Waals surface area contributed by atoms with E-state index in [1.54, 1.807) is 13.8 Å². The van der Waals surface area contributed by atoms with Gasteiger partial charge in [-0.25, -0.2) is 13.2 Å². The van der Waals surface area contributed by atoms with Crippen LogP contribution in [-0.4, -0.2) is 26.8 Å².